The molecule has 3 rings (SSSR count). The maximum absolute atomic E-state index is 12.3. The number of non-ortho nitro benzene ring substituents is 1. The molecular weight excluding hydrogens is 338 g/mol. The second-order valence-electron chi connectivity index (χ2n) is 6.39. The highest BCUT2D eigenvalue weighted by molar-refractivity contribution is 7.14. The molecule has 0 fully saturated rings. The fourth-order valence-corrected chi connectivity index (χ4v) is 4.11. The number of rotatable bonds is 6. The molecule has 1 aliphatic rings. The summed E-state index contributed by atoms with van der Waals surface area (Å²) < 4.78 is 0. The first-order valence-corrected chi connectivity index (χ1v) is 9.22. The summed E-state index contributed by atoms with van der Waals surface area (Å²) in [5, 5.41) is 16.7. The van der Waals surface area contributed by atoms with Crippen LogP contribution in [-0.4, -0.2) is 23.9 Å². The average Bonchev–Trinajstić information content (AvgIpc) is 3.02. The van der Waals surface area contributed by atoms with Crippen LogP contribution in [0.1, 0.15) is 33.5 Å². The van der Waals surface area contributed by atoms with Crippen LogP contribution in [0.25, 0.3) is 0 Å². The summed E-state index contributed by atoms with van der Waals surface area (Å²) in [5.74, 6) is 0.668. The number of benzene rings is 1. The number of nitrogens with one attached hydrogen (secondary N) is 2. The van der Waals surface area contributed by atoms with Crippen LogP contribution in [0.4, 0.5) is 11.4 Å². The summed E-state index contributed by atoms with van der Waals surface area (Å²) in [6.45, 7) is 3.31. The SMILES string of the molecule is C[C@@H]1CCc2sc(C(=O)NCCNc3ccc([N+](=O)[O-])cc3)cc2C1. The summed E-state index contributed by atoms with van der Waals surface area (Å²) in [6.07, 6.45) is 3.35. The predicted octanol–water partition coefficient (Wildman–Crippen LogP) is 3.62. The smallest absolute Gasteiger partial charge is 0.269 e. The van der Waals surface area contributed by atoms with Gasteiger partial charge < -0.3 is 10.6 Å². The van der Waals surface area contributed by atoms with Crippen LogP contribution < -0.4 is 10.6 Å². The number of anilines is 1. The molecule has 0 saturated carbocycles. The van der Waals surface area contributed by atoms with Gasteiger partial charge in [-0.1, -0.05) is 6.92 Å². The Hall–Kier alpha value is -2.41. The van der Waals surface area contributed by atoms with Crippen LogP contribution in [0, 0.1) is 16.0 Å². The van der Waals surface area contributed by atoms with Crippen molar-refractivity contribution in [2.45, 2.75) is 26.2 Å². The van der Waals surface area contributed by atoms with Crippen molar-refractivity contribution < 1.29 is 9.72 Å². The highest BCUT2D eigenvalue weighted by atomic mass is 32.1. The van der Waals surface area contributed by atoms with E-state index in [4.69, 9.17) is 0 Å². The van der Waals surface area contributed by atoms with Crippen LogP contribution in [0.15, 0.2) is 30.3 Å². The van der Waals surface area contributed by atoms with Gasteiger partial charge in [-0.15, -0.1) is 11.3 Å². The third kappa shape index (κ3) is 4.36. The van der Waals surface area contributed by atoms with E-state index in [9.17, 15) is 14.9 Å². The van der Waals surface area contributed by atoms with Gasteiger partial charge in [-0.2, -0.15) is 0 Å². The van der Waals surface area contributed by atoms with Crippen molar-refractivity contribution >= 4 is 28.6 Å². The predicted molar refractivity (Wildman–Crippen MR) is 99.4 cm³/mol. The third-order valence-electron chi connectivity index (χ3n) is 4.37. The van der Waals surface area contributed by atoms with Gasteiger partial charge in [0.25, 0.3) is 11.6 Å². The van der Waals surface area contributed by atoms with Gasteiger partial charge >= 0.3 is 0 Å². The van der Waals surface area contributed by atoms with E-state index >= 15 is 0 Å². The first-order valence-electron chi connectivity index (χ1n) is 8.41. The average molecular weight is 359 g/mol. The number of aryl methyl sites for hydroxylation is 1. The zero-order valence-corrected chi connectivity index (χ0v) is 14.9. The molecule has 1 aromatic carbocycles. The van der Waals surface area contributed by atoms with E-state index in [1.807, 2.05) is 6.07 Å². The van der Waals surface area contributed by atoms with Gasteiger partial charge in [0.1, 0.15) is 0 Å². The normalized spacial score (nSPS) is 16.1. The number of thiophene rings is 1. The summed E-state index contributed by atoms with van der Waals surface area (Å²) in [7, 11) is 0. The van der Waals surface area contributed by atoms with Crippen LogP contribution in [-0.2, 0) is 12.8 Å². The monoisotopic (exact) mass is 359 g/mol. The highest BCUT2D eigenvalue weighted by Gasteiger charge is 2.20. The minimum Gasteiger partial charge on any atom is -0.383 e. The van der Waals surface area contributed by atoms with Gasteiger partial charge in [-0.3, -0.25) is 14.9 Å². The minimum absolute atomic E-state index is 0.0300. The van der Waals surface area contributed by atoms with Crippen molar-refractivity contribution in [3.05, 3.63) is 55.8 Å². The largest absolute Gasteiger partial charge is 0.383 e. The Morgan fingerprint density at radius 3 is 2.80 bits per heavy atom. The summed E-state index contributed by atoms with van der Waals surface area (Å²) in [4.78, 5) is 24.6. The number of nitrogens with zero attached hydrogens (tertiary/aromatic N) is 1. The zero-order valence-electron chi connectivity index (χ0n) is 14.1. The van der Waals surface area contributed by atoms with Crippen molar-refractivity contribution in [1.82, 2.24) is 5.32 Å². The topological polar surface area (TPSA) is 84.3 Å². The Bertz CT molecular complexity index is 770. The van der Waals surface area contributed by atoms with Crippen molar-refractivity contribution in [3.8, 4) is 0 Å². The molecule has 0 aliphatic heterocycles. The molecule has 0 radical (unpaired) electrons. The quantitative estimate of drug-likeness (QED) is 0.469. The molecule has 1 aromatic heterocycles. The Kier molecular flexibility index (Phi) is 5.33. The van der Waals surface area contributed by atoms with Gasteiger partial charge in [0.15, 0.2) is 0 Å². The number of nitro groups is 1. The molecule has 6 nitrogen and oxygen atoms in total. The molecule has 1 atom stereocenters. The molecule has 1 heterocycles. The summed E-state index contributed by atoms with van der Waals surface area (Å²) in [6, 6.07) is 8.27. The molecule has 1 amide bonds. The lowest BCUT2D eigenvalue weighted by atomic mass is 9.90. The van der Waals surface area contributed by atoms with E-state index in [-0.39, 0.29) is 11.6 Å². The molecule has 2 N–H and O–H groups in total. The van der Waals surface area contributed by atoms with E-state index in [0.29, 0.717) is 19.0 Å². The Balaban J connectivity index is 1.46. The van der Waals surface area contributed by atoms with E-state index in [1.54, 1.807) is 23.5 Å². The number of hydrogen-bond acceptors (Lipinski definition) is 5. The standard InChI is InChI=1S/C18H21N3O3S/c1-12-2-7-16-13(10-12)11-17(25-16)18(22)20-9-8-19-14-3-5-15(6-4-14)21(23)24/h3-6,11-12,19H,2,7-10H2,1H3,(H,20,22)/t12-/m1/s1. The molecule has 0 spiro atoms. The van der Waals surface area contributed by atoms with Gasteiger partial charge in [0, 0.05) is 35.8 Å². The van der Waals surface area contributed by atoms with Crippen molar-refractivity contribution in [2.75, 3.05) is 18.4 Å². The van der Waals surface area contributed by atoms with Gasteiger partial charge in [0.05, 0.1) is 9.80 Å². The lowest BCUT2D eigenvalue weighted by Crippen LogP contribution is -2.28. The third-order valence-corrected chi connectivity index (χ3v) is 5.61. The Labute approximate surface area is 150 Å². The lowest BCUT2D eigenvalue weighted by Gasteiger charge is -2.16. The fraction of sp³-hybridized carbons (Fsp3) is 0.389. The number of amides is 1. The molecule has 132 valence electrons. The number of nitro benzene ring substituents is 1. The van der Waals surface area contributed by atoms with Crippen molar-refractivity contribution in [3.63, 3.8) is 0 Å². The maximum Gasteiger partial charge on any atom is 0.269 e. The van der Waals surface area contributed by atoms with Gasteiger partial charge in [-0.25, -0.2) is 0 Å². The number of hydrogen-bond donors (Lipinski definition) is 2. The van der Waals surface area contributed by atoms with E-state index in [1.165, 1.54) is 29.0 Å². The molecule has 0 saturated heterocycles. The summed E-state index contributed by atoms with van der Waals surface area (Å²) in [5.41, 5.74) is 2.19. The van der Waals surface area contributed by atoms with Gasteiger partial charge in [0.2, 0.25) is 0 Å². The lowest BCUT2D eigenvalue weighted by molar-refractivity contribution is -0.384. The maximum atomic E-state index is 12.3. The van der Waals surface area contributed by atoms with E-state index in [2.05, 4.69) is 17.6 Å². The molecule has 0 bridgehead atoms. The van der Waals surface area contributed by atoms with Gasteiger partial charge in [-0.05, 0) is 48.9 Å². The van der Waals surface area contributed by atoms with Crippen molar-refractivity contribution in [1.29, 1.82) is 0 Å². The first kappa shape index (κ1) is 17.4. The highest BCUT2D eigenvalue weighted by Crippen LogP contribution is 2.32. The number of fused-ring (bicyclic) bond motifs is 1. The minimum atomic E-state index is -0.425. The van der Waals surface area contributed by atoms with Crippen LogP contribution in [0.3, 0.4) is 0 Å². The fourth-order valence-electron chi connectivity index (χ4n) is 2.99. The number of carbonyl (C=O) groups is 1. The number of carbonyl (C=O) groups excluding carboxylic acids is 1. The molecular formula is C18H21N3O3S. The Morgan fingerprint density at radius 1 is 1.32 bits per heavy atom. The van der Waals surface area contributed by atoms with Crippen LogP contribution >= 0.6 is 11.3 Å². The molecule has 2 aromatic rings. The molecule has 7 heteroatoms. The van der Waals surface area contributed by atoms with E-state index in [0.717, 1.165) is 23.4 Å². The first-order chi connectivity index (χ1) is 12.0. The van der Waals surface area contributed by atoms with E-state index < -0.39 is 4.92 Å². The summed E-state index contributed by atoms with van der Waals surface area (Å²) >= 11 is 1.61. The second-order valence-corrected chi connectivity index (χ2v) is 7.53. The molecule has 25 heavy (non-hydrogen) atoms. The van der Waals surface area contributed by atoms with Crippen molar-refractivity contribution in [2.24, 2.45) is 5.92 Å². The van der Waals surface area contributed by atoms with Crippen LogP contribution in [0.2, 0.25) is 0 Å². The second kappa shape index (κ2) is 7.65. The zero-order chi connectivity index (χ0) is 17.8. The Morgan fingerprint density at radius 2 is 2.08 bits per heavy atom. The van der Waals surface area contributed by atoms with Crippen LogP contribution in [0.5, 0.6) is 0 Å². The molecule has 0 unspecified atom stereocenters. The molecule has 1 aliphatic carbocycles.